The van der Waals surface area contributed by atoms with Crippen molar-refractivity contribution in [3.8, 4) is 0 Å². The third kappa shape index (κ3) is 1.00. The van der Waals surface area contributed by atoms with Crippen LogP contribution in [-0.4, -0.2) is 30.2 Å². The molecule has 1 spiro atoms. The molecule has 100 valence electrons. The third-order valence-electron chi connectivity index (χ3n) is 6.47. The Hall–Kier alpha value is -0.410. The summed E-state index contributed by atoms with van der Waals surface area (Å²) in [6.07, 6.45) is 3.28. The van der Waals surface area contributed by atoms with Gasteiger partial charge in [0.25, 0.3) is 0 Å². The predicted molar refractivity (Wildman–Crippen MR) is 66.1 cm³/mol. The molecule has 0 aromatic heterocycles. The van der Waals surface area contributed by atoms with Gasteiger partial charge in [0, 0.05) is 17.8 Å². The van der Waals surface area contributed by atoms with Gasteiger partial charge in [-0.25, -0.2) is 0 Å². The molecule has 5 fully saturated rings. The molecule has 18 heavy (non-hydrogen) atoms. The van der Waals surface area contributed by atoms with Crippen LogP contribution in [0.5, 0.6) is 0 Å². The first-order valence-electron chi connectivity index (χ1n) is 7.34. The number of ketones is 1. The lowest BCUT2D eigenvalue weighted by molar-refractivity contribution is -0.150. The fraction of sp³-hybridized carbons (Fsp3) is 0.933. The Morgan fingerprint density at radius 2 is 2.00 bits per heavy atom. The zero-order valence-corrected chi connectivity index (χ0v) is 11.4. The molecule has 3 heteroatoms. The van der Waals surface area contributed by atoms with Crippen LogP contribution in [0.3, 0.4) is 0 Å². The SMILES string of the molecule is CC1COC2CC(=O)C1C1(C)C(C)CCC3OC231. The van der Waals surface area contributed by atoms with Gasteiger partial charge in [-0.3, -0.25) is 4.79 Å². The quantitative estimate of drug-likeness (QED) is 0.619. The van der Waals surface area contributed by atoms with Crippen molar-refractivity contribution in [3.05, 3.63) is 0 Å². The van der Waals surface area contributed by atoms with Gasteiger partial charge in [-0.05, 0) is 24.7 Å². The molecule has 2 bridgehead atoms. The van der Waals surface area contributed by atoms with E-state index in [1.54, 1.807) is 0 Å². The van der Waals surface area contributed by atoms with Crippen LogP contribution in [0.15, 0.2) is 0 Å². The lowest BCUT2D eigenvalue weighted by Crippen LogP contribution is -2.62. The van der Waals surface area contributed by atoms with E-state index in [-0.39, 0.29) is 23.0 Å². The van der Waals surface area contributed by atoms with Crippen LogP contribution in [0.2, 0.25) is 0 Å². The molecule has 7 unspecified atom stereocenters. The molecular weight excluding hydrogens is 228 g/mol. The highest BCUT2D eigenvalue weighted by molar-refractivity contribution is 5.85. The van der Waals surface area contributed by atoms with Crippen molar-refractivity contribution in [2.45, 2.75) is 57.8 Å². The number of Topliss-reactive ketones (excluding diaryl/α,β-unsaturated/α-hetero) is 1. The summed E-state index contributed by atoms with van der Waals surface area (Å²) in [7, 11) is 0. The lowest BCUT2D eigenvalue weighted by Gasteiger charge is -2.53. The van der Waals surface area contributed by atoms with Crippen LogP contribution in [0.25, 0.3) is 0 Å². The number of fused-ring (bicyclic) bond motifs is 3. The van der Waals surface area contributed by atoms with Crippen molar-refractivity contribution in [2.75, 3.05) is 6.61 Å². The molecule has 2 aliphatic carbocycles. The second kappa shape index (κ2) is 3.18. The number of hydrogen-bond acceptors (Lipinski definition) is 3. The molecule has 3 saturated heterocycles. The molecule has 2 saturated carbocycles. The summed E-state index contributed by atoms with van der Waals surface area (Å²) in [6, 6.07) is 0. The summed E-state index contributed by atoms with van der Waals surface area (Å²) in [4.78, 5) is 12.5. The Balaban J connectivity index is 1.90. The Bertz CT molecular complexity index is 420. The highest BCUT2D eigenvalue weighted by Gasteiger charge is 2.79. The average Bonchev–Trinajstić information content (AvgIpc) is 3.06. The zero-order valence-electron chi connectivity index (χ0n) is 11.4. The Kier molecular flexibility index (Phi) is 2.02. The van der Waals surface area contributed by atoms with Gasteiger partial charge < -0.3 is 9.47 Å². The van der Waals surface area contributed by atoms with Gasteiger partial charge in [0.05, 0.1) is 18.8 Å². The van der Waals surface area contributed by atoms with E-state index >= 15 is 0 Å². The Labute approximate surface area is 108 Å². The maximum atomic E-state index is 12.5. The number of carbonyl (C=O) groups is 1. The number of epoxide rings is 1. The van der Waals surface area contributed by atoms with Crippen molar-refractivity contribution >= 4 is 5.78 Å². The van der Waals surface area contributed by atoms with Gasteiger partial charge >= 0.3 is 0 Å². The molecule has 0 aromatic rings. The molecule has 0 N–H and O–H groups in total. The van der Waals surface area contributed by atoms with Crippen LogP contribution in [0.4, 0.5) is 0 Å². The molecular formula is C15H22O3. The molecule has 0 amide bonds. The van der Waals surface area contributed by atoms with Gasteiger partial charge in [0.15, 0.2) is 0 Å². The maximum absolute atomic E-state index is 12.5. The average molecular weight is 250 g/mol. The normalized spacial score (nSPS) is 61.9. The number of carbonyl (C=O) groups excluding carboxylic acids is 1. The molecule has 0 aromatic carbocycles. The summed E-state index contributed by atoms with van der Waals surface area (Å²) >= 11 is 0. The fourth-order valence-corrected chi connectivity index (χ4v) is 5.47. The van der Waals surface area contributed by atoms with Crippen molar-refractivity contribution in [2.24, 2.45) is 23.2 Å². The smallest absolute Gasteiger partial charge is 0.139 e. The van der Waals surface area contributed by atoms with E-state index in [1.165, 1.54) is 6.42 Å². The third-order valence-corrected chi connectivity index (χ3v) is 6.47. The molecule has 3 heterocycles. The standard InChI is InChI=1S/C15H22O3/c1-8-7-17-12-6-10(16)13(8)14(3)9(2)4-5-11-15(12,14)18-11/h8-9,11-13H,4-7H2,1-3H3. The maximum Gasteiger partial charge on any atom is 0.139 e. The molecule has 7 atom stereocenters. The highest BCUT2D eigenvalue weighted by Crippen LogP contribution is 2.70. The first-order chi connectivity index (χ1) is 8.51. The van der Waals surface area contributed by atoms with Crippen molar-refractivity contribution in [1.82, 2.24) is 0 Å². The van der Waals surface area contributed by atoms with Crippen molar-refractivity contribution in [1.29, 1.82) is 0 Å². The molecule has 0 radical (unpaired) electrons. The van der Waals surface area contributed by atoms with E-state index in [2.05, 4.69) is 20.8 Å². The van der Waals surface area contributed by atoms with E-state index in [1.807, 2.05) is 0 Å². The Morgan fingerprint density at radius 1 is 1.22 bits per heavy atom. The number of rotatable bonds is 0. The first kappa shape index (κ1) is 11.4. The second-order valence-corrected chi connectivity index (χ2v) is 7.11. The van der Waals surface area contributed by atoms with Gasteiger partial charge in [-0.15, -0.1) is 0 Å². The van der Waals surface area contributed by atoms with Crippen molar-refractivity contribution in [3.63, 3.8) is 0 Å². The van der Waals surface area contributed by atoms with Gasteiger partial charge in [-0.2, -0.15) is 0 Å². The molecule has 5 rings (SSSR count). The highest BCUT2D eigenvalue weighted by atomic mass is 16.6. The first-order valence-corrected chi connectivity index (χ1v) is 7.34. The van der Waals surface area contributed by atoms with Gasteiger partial charge in [0.2, 0.25) is 0 Å². The van der Waals surface area contributed by atoms with E-state index in [0.717, 1.165) is 13.0 Å². The number of hydrogen-bond donors (Lipinski definition) is 0. The molecule has 3 aliphatic heterocycles. The van der Waals surface area contributed by atoms with Crippen LogP contribution < -0.4 is 0 Å². The van der Waals surface area contributed by atoms with Crippen LogP contribution in [0, 0.1) is 23.2 Å². The van der Waals surface area contributed by atoms with E-state index in [4.69, 9.17) is 9.47 Å². The van der Waals surface area contributed by atoms with Crippen LogP contribution in [0.1, 0.15) is 40.0 Å². The summed E-state index contributed by atoms with van der Waals surface area (Å²) in [5.74, 6) is 1.44. The topological polar surface area (TPSA) is 38.8 Å². The lowest BCUT2D eigenvalue weighted by atomic mass is 9.48. The molecule has 3 nitrogen and oxygen atoms in total. The minimum Gasteiger partial charge on any atom is -0.374 e. The van der Waals surface area contributed by atoms with E-state index in [9.17, 15) is 4.79 Å². The number of ether oxygens (including phenoxy) is 2. The van der Waals surface area contributed by atoms with E-state index < -0.39 is 0 Å². The van der Waals surface area contributed by atoms with Gasteiger partial charge in [-0.1, -0.05) is 20.8 Å². The predicted octanol–water partition coefficient (Wildman–Crippen LogP) is 2.18. The summed E-state index contributed by atoms with van der Waals surface area (Å²) < 4.78 is 12.2. The monoisotopic (exact) mass is 250 g/mol. The summed E-state index contributed by atoms with van der Waals surface area (Å²) in [5, 5.41) is 0. The zero-order chi connectivity index (χ0) is 12.7. The van der Waals surface area contributed by atoms with Crippen LogP contribution >= 0.6 is 0 Å². The molecule has 5 aliphatic rings. The van der Waals surface area contributed by atoms with E-state index in [0.29, 0.717) is 30.1 Å². The largest absolute Gasteiger partial charge is 0.374 e. The van der Waals surface area contributed by atoms with Crippen LogP contribution in [-0.2, 0) is 14.3 Å². The summed E-state index contributed by atoms with van der Waals surface area (Å²) in [5.41, 5.74) is -0.139. The minimum absolute atomic E-state index is 0.00810. The van der Waals surface area contributed by atoms with Gasteiger partial charge in [0.1, 0.15) is 11.4 Å². The minimum atomic E-state index is -0.131. The van der Waals surface area contributed by atoms with Crippen molar-refractivity contribution < 1.29 is 14.3 Å². The Morgan fingerprint density at radius 3 is 2.78 bits per heavy atom. The summed E-state index contributed by atoms with van der Waals surface area (Å²) in [6.45, 7) is 7.51. The fourth-order valence-electron chi connectivity index (χ4n) is 5.47. The second-order valence-electron chi connectivity index (χ2n) is 7.11.